The van der Waals surface area contributed by atoms with Gasteiger partial charge in [-0.05, 0) is 13.8 Å². The summed E-state index contributed by atoms with van der Waals surface area (Å²) in [6.07, 6.45) is 0. The maximum atomic E-state index is 10.9. The van der Waals surface area contributed by atoms with Crippen LogP contribution in [0.1, 0.15) is 13.8 Å². The van der Waals surface area contributed by atoms with E-state index in [0.29, 0.717) is 0 Å². The van der Waals surface area contributed by atoms with Crippen molar-refractivity contribution in [1.82, 2.24) is 5.43 Å². The molecule has 1 atom stereocenters. The lowest BCUT2D eigenvalue weighted by Crippen LogP contribution is -3.00. The van der Waals surface area contributed by atoms with E-state index in [1.807, 2.05) is 13.8 Å². The number of hydrogen-bond acceptors (Lipinski definition) is 3. The fourth-order valence-corrected chi connectivity index (χ4v) is 0.439. The van der Waals surface area contributed by atoms with Gasteiger partial charge in [0.25, 0.3) is 5.91 Å². The number of amides is 1. The number of nitrogens with two attached hydrogens (primary N) is 2. The van der Waals surface area contributed by atoms with E-state index >= 15 is 0 Å². The molecule has 0 radical (unpaired) electrons. The second kappa shape index (κ2) is 7.30. The molecule has 0 rings (SSSR count). The molecule has 0 aromatic heterocycles. The van der Waals surface area contributed by atoms with E-state index in [0.717, 1.165) is 0 Å². The predicted octanol–water partition coefficient (Wildman–Crippen LogP) is -5.69. The van der Waals surface area contributed by atoms with Crippen molar-refractivity contribution in [2.75, 3.05) is 6.61 Å². The molecule has 74 valence electrons. The van der Waals surface area contributed by atoms with Crippen LogP contribution in [0, 0.1) is 0 Å². The van der Waals surface area contributed by atoms with Crippen molar-refractivity contribution in [3.63, 3.8) is 0 Å². The monoisotopic (exact) mass is 197 g/mol. The first-order valence-corrected chi connectivity index (χ1v) is 3.58. The van der Waals surface area contributed by atoms with Gasteiger partial charge in [0.1, 0.15) is 12.1 Å². The van der Waals surface area contributed by atoms with Gasteiger partial charge in [0.05, 0.1) is 6.61 Å². The maximum absolute atomic E-state index is 10.9. The molecular weight excluding hydrogens is 182 g/mol. The van der Waals surface area contributed by atoms with Gasteiger partial charge < -0.3 is 23.2 Å². The highest BCUT2D eigenvalue weighted by molar-refractivity contribution is 5.80. The minimum absolute atomic E-state index is 0. The van der Waals surface area contributed by atoms with Gasteiger partial charge in [-0.1, -0.05) is 0 Å². The molecule has 0 aliphatic heterocycles. The summed E-state index contributed by atoms with van der Waals surface area (Å²) >= 11 is 0. The summed E-state index contributed by atoms with van der Waals surface area (Å²) in [5, 5.41) is 8.47. The summed E-state index contributed by atoms with van der Waals surface area (Å²) in [5.74, 6) is -0.346. The molecule has 0 aromatic rings. The molecule has 1 unspecified atom stereocenters. The zero-order valence-electron chi connectivity index (χ0n) is 7.25. The average Bonchev–Trinajstić information content (AvgIpc) is 1.98. The van der Waals surface area contributed by atoms with Crippen LogP contribution in [0.4, 0.5) is 0 Å². The van der Waals surface area contributed by atoms with Crippen LogP contribution in [0.5, 0.6) is 0 Å². The molecule has 0 fully saturated rings. The number of carbonyl (C=O) groups excluding carboxylic acids is 1. The van der Waals surface area contributed by atoms with Crippen molar-refractivity contribution in [1.29, 1.82) is 0 Å². The van der Waals surface area contributed by atoms with Crippen molar-refractivity contribution in [3.05, 3.63) is 0 Å². The van der Waals surface area contributed by atoms with Crippen LogP contribution < -0.4 is 29.0 Å². The number of aliphatic hydroxyl groups is 1. The van der Waals surface area contributed by atoms with E-state index in [1.165, 1.54) is 0 Å². The third kappa shape index (κ3) is 6.36. The molecule has 0 aromatic carbocycles. The first-order valence-electron chi connectivity index (χ1n) is 3.58. The van der Waals surface area contributed by atoms with Gasteiger partial charge >= 0.3 is 0 Å². The van der Waals surface area contributed by atoms with Gasteiger partial charge in [-0.3, -0.25) is 4.79 Å². The largest absolute Gasteiger partial charge is 1.00 e. The third-order valence-corrected chi connectivity index (χ3v) is 1.09. The Labute approximate surface area is 78.1 Å². The Bertz CT molecular complexity index is 132. The van der Waals surface area contributed by atoms with E-state index in [1.54, 1.807) is 5.43 Å². The first kappa shape index (κ1) is 14.2. The fourth-order valence-electron chi connectivity index (χ4n) is 0.439. The minimum Gasteiger partial charge on any atom is -1.00 e. The molecule has 0 heterocycles. The highest BCUT2D eigenvalue weighted by Crippen LogP contribution is 1.71. The van der Waals surface area contributed by atoms with E-state index in [2.05, 4.69) is 5.43 Å². The number of aliphatic hydroxyl groups excluding tert-OH is 1. The number of rotatable bonds is 4. The van der Waals surface area contributed by atoms with Crippen molar-refractivity contribution in [2.45, 2.75) is 25.9 Å². The summed E-state index contributed by atoms with van der Waals surface area (Å²) in [6, 6.07) is -0.533. The van der Waals surface area contributed by atoms with E-state index < -0.39 is 6.04 Å². The second-order valence-corrected chi connectivity index (χ2v) is 2.71. The number of carbonyl (C=O) groups is 1. The Kier molecular flexibility index (Phi) is 8.62. The van der Waals surface area contributed by atoms with Gasteiger partial charge in [0, 0.05) is 0 Å². The highest BCUT2D eigenvalue weighted by Gasteiger charge is 2.12. The molecule has 6 heteroatoms. The Balaban J connectivity index is 0. The Morgan fingerprint density at radius 3 is 2.50 bits per heavy atom. The summed E-state index contributed by atoms with van der Waals surface area (Å²) in [4.78, 5) is 10.9. The Morgan fingerprint density at radius 1 is 1.67 bits per heavy atom. The molecule has 0 aliphatic rings. The summed E-state index contributed by atoms with van der Waals surface area (Å²) in [5.41, 5.74) is 9.34. The van der Waals surface area contributed by atoms with Crippen molar-refractivity contribution < 1.29 is 27.7 Å². The minimum atomic E-state index is -0.815. The number of quaternary nitrogens is 1. The number of nitrogens with one attached hydrogen (secondary N) is 1. The third-order valence-electron chi connectivity index (χ3n) is 1.09. The lowest BCUT2D eigenvalue weighted by atomic mass is 10.3. The molecule has 6 N–H and O–H groups in total. The molecule has 0 saturated carbocycles. The molecule has 0 aliphatic carbocycles. The molecule has 12 heavy (non-hydrogen) atoms. The normalized spacial score (nSPS) is 12.1. The Hall–Kier alpha value is -0.360. The molecule has 5 nitrogen and oxygen atoms in total. The van der Waals surface area contributed by atoms with E-state index in [9.17, 15) is 4.79 Å². The first-order chi connectivity index (χ1) is 5.07. The molecule has 0 saturated heterocycles. The predicted molar refractivity (Wildman–Crippen MR) is 40.3 cm³/mol. The van der Waals surface area contributed by atoms with Crippen molar-refractivity contribution in [2.24, 2.45) is 5.73 Å². The van der Waals surface area contributed by atoms with E-state index in [-0.39, 0.29) is 31.0 Å². The van der Waals surface area contributed by atoms with Crippen LogP contribution in [-0.4, -0.2) is 29.7 Å². The smallest absolute Gasteiger partial charge is 0.284 e. The van der Waals surface area contributed by atoms with Crippen molar-refractivity contribution >= 4 is 5.91 Å². The van der Waals surface area contributed by atoms with Crippen LogP contribution in [0.2, 0.25) is 0 Å². The van der Waals surface area contributed by atoms with Gasteiger partial charge in [0.15, 0.2) is 0 Å². The number of hydrogen-bond donors (Lipinski definition) is 4. The molecular formula is C6H16ClN3O2. The van der Waals surface area contributed by atoms with Crippen LogP contribution >= 0.6 is 0 Å². The van der Waals surface area contributed by atoms with Gasteiger partial charge in [-0.25, -0.2) is 10.9 Å². The summed E-state index contributed by atoms with van der Waals surface area (Å²) in [7, 11) is 0. The topological polar surface area (TPSA) is 92.0 Å². The van der Waals surface area contributed by atoms with Crippen LogP contribution in [0.15, 0.2) is 0 Å². The maximum Gasteiger partial charge on any atom is 0.284 e. The second-order valence-electron chi connectivity index (χ2n) is 2.71. The molecule has 1 amide bonds. The number of halogens is 1. The zero-order valence-corrected chi connectivity index (χ0v) is 8.01. The van der Waals surface area contributed by atoms with Crippen LogP contribution in [0.25, 0.3) is 0 Å². The van der Waals surface area contributed by atoms with Gasteiger partial charge in [-0.2, -0.15) is 0 Å². The quantitative estimate of drug-likeness (QED) is 0.206. The summed E-state index contributed by atoms with van der Waals surface area (Å²) < 4.78 is 0. The highest BCUT2D eigenvalue weighted by atomic mass is 35.5. The Morgan fingerprint density at radius 2 is 2.17 bits per heavy atom. The average molecular weight is 198 g/mol. The fraction of sp³-hybridized carbons (Fsp3) is 0.833. The van der Waals surface area contributed by atoms with Crippen molar-refractivity contribution in [3.8, 4) is 0 Å². The SMILES string of the molecule is CC(C)[NH2+]NC(=O)C(N)CO.[Cl-]. The lowest BCUT2D eigenvalue weighted by Gasteiger charge is -2.09. The summed E-state index contributed by atoms with van der Waals surface area (Å²) in [6.45, 7) is 3.55. The lowest BCUT2D eigenvalue weighted by molar-refractivity contribution is -0.725. The standard InChI is InChI=1S/C6H15N3O2.ClH/c1-4(2)8-9-6(11)5(7)3-10;/h4-5,8,10H,3,7H2,1-2H3,(H,9,11);1H. The molecule has 0 spiro atoms. The van der Waals surface area contributed by atoms with Gasteiger partial charge in [-0.15, -0.1) is 0 Å². The van der Waals surface area contributed by atoms with Crippen LogP contribution in [-0.2, 0) is 4.79 Å². The zero-order chi connectivity index (χ0) is 8.85. The van der Waals surface area contributed by atoms with E-state index in [4.69, 9.17) is 10.8 Å². The molecule has 0 bridgehead atoms. The van der Waals surface area contributed by atoms with Crippen LogP contribution in [0.3, 0.4) is 0 Å². The van der Waals surface area contributed by atoms with Gasteiger partial charge in [0.2, 0.25) is 0 Å².